The molecule has 9 heteroatoms. The zero-order valence-corrected chi connectivity index (χ0v) is 10.4. The van der Waals surface area contributed by atoms with Gasteiger partial charge in [0.1, 0.15) is 6.04 Å². The summed E-state index contributed by atoms with van der Waals surface area (Å²) >= 11 is 0. The van der Waals surface area contributed by atoms with Crippen molar-refractivity contribution in [2.45, 2.75) is 31.5 Å². The first-order valence-electron chi connectivity index (χ1n) is 5.59. The molecule has 2 amide bonds. The summed E-state index contributed by atoms with van der Waals surface area (Å²) in [6.07, 6.45) is -4.98. The predicted molar refractivity (Wildman–Crippen MR) is 59.7 cm³/mol. The van der Waals surface area contributed by atoms with Gasteiger partial charge >= 0.3 is 18.2 Å². The Labute approximate surface area is 108 Å². The second-order valence-electron chi connectivity index (χ2n) is 3.79. The van der Waals surface area contributed by atoms with Crippen molar-refractivity contribution in [3.8, 4) is 0 Å². The Hall–Kier alpha value is -1.51. The number of aliphatic carboxylic acids is 1. The molecule has 0 aromatic carbocycles. The van der Waals surface area contributed by atoms with E-state index in [0.717, 1.165) is 0 Å². The molecule has 112 valence electrons. The van der Waals surface area contributed by atoms with Crippen LogP contribution in [0.2, 0.25) is 0 Å². The maximum atomic E-state index is 11.8. The van der Waals surface area contributed by atoms with Crippen LogP contribution in [0.4, 0.5) is 18.0 Å². The van der Waals surface area contributed by atoms with Crippen LogP contribution in [0.3, 0.4) is 0 Å². The van der Waals surface area contributed by atoms with E-state index < -0.39 is 37.2 Å². The minimum Gasteiger partial charge on any atom is -0.480 e. The van der Waals surface area contributed by atoms with E-state index in [9.17, 15) is 22.8 Å². The van der Waals surface area contributed by atoms with E-state index in [0.29, 0.717) is 13.0 Å². The van der Waals surface area contributed by atoms with Gasteiger partial charge in [-0.25, -0.2) is 9.59 Å². The number of hydrogen-bond acceptors (Lipinski definition) is 3. The van der Waals surface area contributed by atoms with E-state index in [1.165, 1.54) is 7.11 Å². The Balaban J connectivity index is 4.00. The third kappa shape index (κ3) is 10.1. The summed E-state index contributed by atoms with van der Waals surface area (Å²) in [5.74, 6) is -1.25. The number of rotatable bonds is 8. The molecular weight excluding hydrogens is 269 g/mol. The molecule has 0 rings (SSSR count). The number of carboxylic acid groups (broad SMARTS) is 1. The number of ether oxygens (including phenoxy) is 1. The van der Waals surface area contributed by atoms with Gasteiger partial charge in [-0.05, 0) is 12.8 Å². The molecule has 0 aromatic rings. The normalized spacial score (nSPS) is 12.8. The summed E-state index contributed by atoms with van der Waals surface area (Å²) in [5.41, 5.74) is 0. The fourth-order valence-electron chi connectivity index (χ4n) is 1.22. The van der Waals surface area contributed by atoms with Gasteiger partial charge in [-0.2, -0.15) is 13.2 Å². The Morgan fingerprint density at radius 3 is 2.47 bits per heavy atom. The summed E-state index contributed by atoms with van der Waals surface area (Å²) in [4.78, 5) is 22.0. The average Bonchev–Trinajstić information content (AvgIpc) is 2.26. The topological polar surface area (TPSA) is 87.7 Å². The predicted octanol–water partition coefficient (Wildman–Crippen LogP) is 1.12. The fourth-order valence-corrected chi connectivity index (χ4v) is 1.22. The fraction of sp³-hybridized carbons (Fsp3) is 0.800. The number of methoxy groups -OCH3 is 1. The number of carbonyl (C=O) groups excluding carboxylic acids is 1. The number of carboxylic acids is 1. The molecule has 1 atom stereocenters. The van der Waals surface area contributed by atoms with Crippen LogP contribution in [0, 0.1) is 0 Å². The average molecular weight is 286 g/mol. The molecule has 0 heterocycles. The molecule has 19 heavy (non-hydrogen) atoms. The van der Waals surface area contributed by atoms with Crippen LogP contribution in [0.25, 0.3) is 0 Å². The largest absolute Gasteiger partial charge is 0.480 e. The molecule has 0 aliphatic carbocycles. The lowest BCUT2D eigenvalue weighted by molar-refractivity contribution is -0.139. The van der Waals surface area contributed by atoms with E-state index in [1.807, 2.05) is 5.32 Å². The zero-order chi connectivity index (χ0) is 14.9. The van der Waals surface area contributed by atoms with Gasteiger partial charge in [0.15, 0.2) is 0 Å². The molecule has 1 unspecified atom stereocenters. The van der Waals surface area contributed by atoms with Crippen molar-refractivity contribution in [3.05, 3.63) is 0 Å². The van der Waals surface area contributed by atoms with Gasteiger partial charge in [0.2, 0.25) is 0 Å². The number of alkyl halides is 3. The Kier molecular flexibility index (Phi) is 7.89. The summed E-state index contributed by atoms with van der Waals surface area (Å²) in [7, 11) is 1.45. The molecule has 0 saturated carbocycles. The van der Waals surface area contributed by atoms with Gasteiger partial charge in [-0.15, -0.1) is 0 Å². The van der Waals surface area contributed by atoms with Gasteiger partial charge in [0, 0.05) is 20.3 Å². The van der Waals surface area contributed by atoms with E-state index in [4.69, 9.17) is 9.84 Å². The molecule has 0 fully saturated rings. The zero-order valence-electron chi connectivity index (χ0n) is 10.4. The molecule has 0 radical (unpaired) electrons. The second-order valence-corrected chi connectivity index (χ2v) is 3.79. The van der Waals surface area contributed by atoms with Crippen LogP contribution in [-0.4, -0.2) is 49.6 Å². The van der Waals surface area contributed by atoms with E-state index >= 15 is 0 Å². The summed E-state index contributed by atoms with van der Waals surface area (Å²) in [6, 6.07) is -2.09. The lowest BCUT2D eigenvalue weighted by Gasteiger charge is -2.15. The molecule has 3 N–H and O–H groups in total. The highest BCUT2D eigenvalue weighted by molar-refractivity contribution is 5.82. The van der Waals surface area contributed by atoms with Crippen molar-refractivity contribution >= 4 is 12.0 Å². The minimum absolute atomic E-state index is 0.135. The lowest BCUT2D eigenvalue weighted by atomic mass is 10.1. The highest BCUT2D eigenvalue weighted by Crippen LogP contribution is 2.17. The van der Waals surface area contributed by atoms with Gasteiger partial charge < -0.3 is 20.5 Å². The Morgan fingerprint density at radius 2 is 2.00 bits per heavy atom. The van der Waals surface area contributed by atoms with Crippen LogP contribution in [0.1, 0.15) is 19.3 Å². The van der Waals surface area contributed by atoms with Gasteiger partial charge in [-0.1, -0.05) is 0 Å². The van der Waals surface area contributed by atoms with Gasteiger partial charge in [0.05, 0.1) is 6.42 Å². The number of hydrogen-bond donors (Lipinski definition) is 3. The smallest absolute Gasteiger partial charge is 0.390 e. The number of urea groups is 1. The van der Waals surface area contributed by atoms with Crippen LogP contribution in [0.15, 0.2) is 0 Å². The van der Waals surface area contributed by atoms with Crippen LogP contribution in [0.5, 0.6) is 0 Å². The van der Waals surface area contributed by atoms with Crippen molar-refractivity contribution in [2.75, 3.05) is 20.3 Å². The van der Waals surface area contributed by atoms with E-state index in [1.54, 1.807) is 0 Å². The third-order valence-corrected chi connectivity index (χ3v) is 2.14. The SMILES string of the molecule is COCCCC(NC(=O)NCCC(F)(F)F)C(=O)O. The van der Waals surface area contributed by atoms with Crippen LogP contribution >= 0.6 is 0 Å². The first-order valence-corrected chi connectivity index (χ1v) is 5.59. The molecule has 0 saturated heterocycles. The van der Waals surface area contributed by atoms with Crippen molar-refractivity contribution in [2.24, 2.45) is 0 Å². The second kappa shape index (κ2) is 8.57. The molecular formula is C10H17F3N2O4. The molecule has 0 aliphatic rings. The number of nitrogens with one attached hydrogen (secondary N) is 2. The van der Waals surface area contributed by atoms with Crippen LogP contribution < -0.4 is 10.6 Å². The highest BCUT2D eigenvalue weighted by atomic mass is 19.4. The first-order chi connectivity index (χ1) is 8.76. The minimum atomic E-state index is -4.36. The lowest BCUT2D eigenvalue weighted by Crippen LogP contribution is -2.46. The summed E-state index contributed by atoms with van der Waals surface area (Å²) in [5, 5.41) is 12.9. The summed E-state index contributed by atoms with van der Waals surface area (Å²) < 4.78 is 40.2. The molecule has 0 aliphatic heterocycles. The summed E-state index contributed by atoms with van der Waals surface area (Å²) in [6.45, 7) is -0.263. The monoisotopic (exact) mass is 286 g/mol. The maximum absolute atomic E-state index is 11.8. The Morgan fingerprint density at radius 1 is 1.37 bits per heavy atom. The molecule has 6 nitrogen and oxygen atoms in total. The molecule has 0 bridgehead atoms. The van der Waals surface area contributed by atoms with Crippen molar-refractivity contribution in [1.29, 1.82) is 0 Å². The maximum Gasteiger partial charge on any atom is 0.390 e. The van der Waals surface area contributed by atoms with Crippen molar-refractivity contribution < 1.29 is 32.6 Å². The standard InChI is InChI=1S/C10H17F3N2O4/c1-19-6-2-3-7(8(16)17)15-9(18)14-5-4-10(11,12)13/h7H,2-6H2,1H3,(H,16,17)(H2,14,15,18). The van der Waals surface area contributed by atoms with Gasteiger partial charge in [0.25, 0.3) is 0 Å². The third-order valence-electron chi connectivity index (χ3n) is 2.14. The Bertz CT molecular complexity index is 297. The number of halogens is 3. The van der Waals surface area contributed by atoms with Crippen molar-refractivity contribution in [3.63, 3.8) is 0 Å². The quantitative estimate of drug-likeness (QED) is 0.583. The number of amides is 2. The molecule has 0 aromatic heterocycles. The van der Waals surface area contributed by atoms with Crippen molar-refractivity contribution in [1.82, 2.24) is 10.6 Å². The van der Waals surface area contributed by atoms with Crippen LogP contribution in [-0.2, 0) is 9.53 Å². The van der Waals surface area contributed by atoms with Gasteiger partial charge in [-0.3, -0.25) is 0 Å². The molecule has 0 spiro atoms. The van der Waals surface area contributed by atoms with E-state index in [-0.39, 0.29) is 6.42 Å². The first kappa shape index (κ1) is 17.5. The highest BCUT2D eigenvalue weighted by Gasteiger charge is 2.27. The van der Waals surface area contributed by atoms with E-state index in [2.05, 4.69) is 5.32 Å². The number of carbonyl (C=O) groups is 2.